The summed E-state index contributed by atoms with van der Waals surface area (Å²) in [4.78, 5) is 0. The van der Waals surface area contributed by atoms with Gasteiger partial charge in [0.05, 0.1) is 6.10 Å². The standard InChI is InChI=1S/C19H32O/c1-14(13-18(2,3)4)12-17(20)15-8-10-16(11-9-15)19(5,6)7/h8-11,14,17,20H,12-13H2,1-7H3. The fraction of sp³-hybridized carbons (Fsp3) is 0.684. The van der Waals surface area contributed by atoms with Crippen molar-refractivity contribution in [2.24, 2.45) is 11.3 Å². The van der Waals surface area contributed by atoms with Gasteiger partial charge in [0.25, 0.3) is 0 Å². The molecule has 1 heteroatoms. The first-order chi connectivity index (χ1) is 8.99. The Morgan fingerprint density at radius 3 is 1.85 bits per heavy atom. The van der Waals surface area contributed by atoms with E-state index in [1.165, 1.54) is 5.56 Å². The van der Waals surface area contributed by atoms with Crippen LogP contribution in [-0.2, 0) is 5.41 Å². The lowest BCUT2D eigenvalue weighted by molar-refractivity contribution is 0.134. The van der Waals surface area contributed by atoms with Crippen molar-refractivity contribution in [3.05, 3.63) is 35.4 Å². The Morgan fingerprint density at radius 2 is 1.45 bits per heavy atom. The topological polar surface area (TPSA) is 20.2 Å². The smallest absolute Gasteiger partial charge is 0.0792 e. The molecule has 0 bridgehead atoms. The minimum Gasteiger partial charge on any atom is -0.388 e. The highest BCUT2D eigenvalue weighted by atomic mass is 16.3. The molecule has 0 saturated carbocycles. The monoisotopic (exact) mass is 276 g/mol. The second-order valence-corrected chi connectivity index (χ2v) is 8.49. The number of benzene rings is 1. The zero-order valence-corrected chi connectivity index (χ0v) is 14.3. The predicted molar refractivity (Wildman–Crippen MR) is 88.0 cm³/mol. The number of hydrogen-bond acceptors (Lipinski definition) is 1. The minimum absolute atomic E-state index is 0.170. The van der Waals surface area contributed by atoms with Gasteiger partial charge in [0.1, 0.15) is 0 Å². The van der Waals surface area contributed by atoms with Crippen molar-refractivity contribution in [1.29, 1.82) is 0 Å². The highest BCUT2D eigenvalue weighted by Gasteiger charge is 2.19. The van der Waals surface area contributed by atoms with E-state index >= 15 is 0 Å². The van der Waals surface area contributed by atoms with Gasteiger partial charge in [-0.3, -0.25) is 0 Å². The van der Waals surface area contributed by atoms with E-state index in [0.29, 0.717) is 11.3 Å². The Bertz CT molecular complexity index is 403. The lowest BCUT2D eigenvalue weighted by Gasteiger charge is -2.25. The number of rotatable bonds is 4. The fourth-order valence-electron chi connectivity index (χ4n) is 2.85. The molecule has 1 nitrogen and oxygen atoms in total. The highest BCUT2D eigenvalue weighted by Crippen LogP contribution is 2.31. The van der Waals surface area contributed by atoms with Crippen molar-refractivity contribution < 1.29 is 5.11 Å². The lowest BCUT2D eigenvalue weighted by atomic mass is 9.82. The summed E-state index contributed by atoms with van der Waals surface area (Å²) in [5, 5.41) is 10.4. The van der Waals surface area contributed by atoms with Crippen LogP contribution in [0.15, 0.2) is 24.3 Å². The first-order valence-corrected chi connectivity index (χ1v) is 7.77. The Morgan fingerprint density at radius 1 is 0.950 bits per heavy atom. The quantitative estimate of drug-likeness (QED) is 0.772. The van der Waals surface area contributed by atoms with E-state index in [-0.39, 0.29) is 11.5 Å². The van der Waals surface area contributed by atoms with Gasteiger partial charge in [0.2, 0.25) is 0 Å². The minimum atomic E-state index is -0.346. The molecular weight excluding hydrogens is 244 g/mol. The molecule has 1 N–H and O–H groups in total. The maximum atomic E-state index is 10.4. The zero-order valence-electron chi connectivity index (χ0n) is 14.3. The van der Waals surface area contributed by atoms with E-state index in [4.69, 9.17) is 0 Å². The Kier molecular flexibility index (Phi) is 5.43. The summed E-state index contributed by atoms with van der Waals surface area (Å²) in [6, 6.07) is 8.45. The van der Waals surface area contributed by atoms with Gasteiger partial charge in [-0.25, -0.2) is 0 Å². The van der Waals surface area contributed by atoms with E-state index in [9.17, 15) is 5.11 Å². The van der Waals surface area contributed by atoms with Gasteiger partial charge in [-0.1, -0.05) is 72.7 Å². The molecule has 0 aromatic heterocycles. The molecule has 0 saturated heterocycles. The molecule has 0 heterocycles. The fourth-order valence-corrected chi connectivity index (χ4v) is 2.85. The molecule has 2 atom stereocenters. The molecule has 1 aromatic rings. The molecule has 0 aliphatic carbocycles. The first kappa shape index (κ1) is 17.2. The molecule has 1 rings (SSSR count). The van der Waals surface area contributed by atoms with Crippen LogP contribution < -0.4 is 0 Å². The van der Waals surface area contributed by atoms with E-state index in [2.05, 4.69) is 72.7 Å². The third-order valence-corrected chi connectivity index (χ3v) is 3.75. The van der Waals surface area contributed by atoms with Crippen LogP contribution >= 0.6 is 0 Å². The van der Waals surface area contributed by atoms with Crippen LogP contribution in [0, 0.1) is 11.3 Å². The predicted octanol–water partition coefficient (Wildman–Crippen LogP) is 5.48. The van der Waals surface area contributed by atoms with Gasteiger partial charge in [-0.15, -0.1) is 0 Å². The average molecular weight is 276 g/mol. The van der Waals surface area contributed by atoms with Crippen molar-refractivity contribution in [2.75, 3.05) is 0 Å². The molecule has 0 radical (unpaired) electrons. The summed E-state index contributed by atoms with van der Waals surface area (Å²) in [5.74, 6) is 0.535. The molecule has 20 heavy (non-hydrogen) atoms. The average Bonchev–Trinajstić information content (AvgIpc) is 2.25. The molecule has 1 aromatic carbocycles. The normalized spacial score (nSPS) is 16.0. The van der Waals surface area contributed by atoms with Crippen LogP contribution in [0.25, 0.3) is 0 Å². The van der Waals surface area contributed by atoms with Gasteiger partial charge in [0, 0.05) is 0 Å². The van der Waals surface area contributed by atoms with Crippen molar-refractivity contribution in [3.63, 3.8) is 0 Å². The molecule has 0 fully saturated rings. The largest absolute Gasteiger partial charge is 0.388 e. The highest BCUT2D eigenvalue weighted by molar-refractivity contribution is 5.28. The van der Waals surface area contributed by atoms with E-state index < -0.39 is 0 Å². The van der Waals surface area contributed by atoms with Gasteiger partial charge in [-0.05, 0) is 40.7 Å². The van der Waals surface area contributed by atoms with Crippen LogP contribution in [0.5, 0.6) is 0 Å². The second-order valence-electron chi connectivity index (χ2n) is 8.49. The summed E-state index contributed by atoms with van der Waals surface area (Å²) in [5.41, 5.74) is 2.85. The third-order valence-electron chi connectivity index (χ3n) is 3.75. The van der Waals surface area contributed by atoms with Crippen molar-refractivity contribution in [1.82, 2.24) is 0 Å². The summed E-state index contributed by atoms with van der Waals surface area (Å²) in [7, 11) is 0. The Hall–Kier alpha value is -0.820. The first-order valence-electron chi connectivity index (χ1n) is 7.77. The van der Waals surface area contributed by atoms with E-state index in [1.807, 2.05) is 0 Å². The molecule has 0 aliphatic heterocycles. The van der Waals surface area contributed by atoms with Crippen molar-refractivity contribution in [3.8, 4) is 0 Å². The summed E-state index contributed by atoms with van der Waals surface area (Å²) < 4.78 is 0. The van der Waals surface area contributed by atoms with Crippen LogP contribution in [0.4, 0.5) is 0 Å². The Balaban J connectivity index is 2.66. The number of aliphatic hydroxyl groups is 1. The maximum Gasteiger partial charge on any atom is 0.0792 e. The van der Waals surface area contributed by atoms with E-state index in [0.717, 1.165) is 18.4 Å². The summed E-state index contributed by atoms with van der Waals surface area (Å²) in [6.07, 6.45) is 1.64. The Labute approximate surface area is 125 Å². The molecule has 114 valence electrons. The van der Waals surface area contributed by atoms with Crippen LogP contribution in [0.2, 0.25) is 0 Å². The van der Waals surface area contributed by atoms with Gasteiger partial charge in [-0.2, -0.15) is 0 Å². The van der Waals surface area contributed by atoms with Crippen molar-refractivity contribution in [2.45, 2.75) is 72.8 Å². The van der Waals surface area contributed by atoms with Crippen LogP contribution in [-0.4, -0.2) is 5.11 Å². The number of aliphatic hydroxyl groups excluding tert-OH is 1. The van der Waals surface area contributed by atoms with Gasteiger partial charge < -0.3 is 5.11 Å². The van der Waals surface area contributed by atoms with Crippen LogP contribution in [0.1, 0.15) is 78.5 Å². The van der Waals surface area contributed by atoms with Crippen molar-refractivity contribution >= 4 is 0 Å². The van der Waals surface area contributed by atoms with Gasteiger partial charge >= 0.3 is 0 Å². The third kappa shape index (κ3) is 5.66. The molecular formula is C19H32O. The summed E-state index contributed by atoms with van der Waals surface area (Å²) >= 11 is 0. The number of hydrogen-bond donors (Lipinski definition) is 1. The SMILES string of the molecule is CC(CC(O)c1ccc(C(C)(C)C)cc1)CC(C)(C)C. The van der Waals surface area contributed by atoms with Gasteiger partial charge in [0.15, 0.2) is 0 Å². The van der Waals surface area contributed by atoms with E-state index in [1.54, 1.807) is 0 Å². The zero-order chi connectivity index (χ0) is 15.6. The lowest BCUT2D eigenvalue weighted by Crippen LogP contribution is -2.14. The maximum absolute atomic E-state index is 10.4. The molecule has 0 spiro atoms. The molecule has 2 unspecified atom stereocenters. The second kappa shape index (κ2) is 6.30. The summed E-state index contributed by atoms with van der Waals surface area (Å²) in [6.45, 7) is 15.6. The van der Waals surface area contributed by atoms with Crippen LogP contribution in [0.3, 0.4) is 0 Å². The molecule has 0 amide bonds. The molecule has 0 aliphatic rings.